The molecule has 1 heterocycles. The topological polar surface area (TPSA) is 90.3 Å². The van der Waals surface area contributed by atoms with Crippen molar-refractivity contribution in [2.45, 2.75) is 12.8 Å². The minimum atomic E-state index is -0.650. The first-order valence-electron chi connectivity index (χ1n) is 8.14. The second-order valence-corrected chi connectivity index (χ2v) is 6.22. The molecule has 0 saturated heterocycles. The number of hydrogen-bond donors (Lipinski definition) is 1. The molecular weight excluding hydrogens is 320 g/mol. The normalized spacial score (nSPS) is 11.0. The largest absolute Gasteiger partial charge is 0.384 e. The number of Topliss-reactive ketones (excluding diaryl/α,β-unsaturated/α-hetero) is 1. The highest BCUT2D eigenvalue weighted by Crippen LogP contribution is 2.06. The molecule has 2 rings (SSSR count). The van der Waals surface area contributed by atoms with E-state index in [1.54, 1.807) is 0 Å². The highest BCUT2D eigenvalue weighted by Gasteiger charge is 2.21. The lowest BCUT2D eigenvalue weighted by Crippen LogP contribution is -2.43. The fourth-order valence-electron chi connectivity index (χ4n) is 2.72. The van der Waals surface area contributed by atoms with Gasteiger partial charge in [0.1, 0.15) is 11.4 Å². The first-order chi connectivity index (χ1) is 11.8. The summed E-state index contributed by atoms with van der Waals surface area (Å²) >= 11 is 0. The van der Waals surface area contributed by atoms with Gasteiger partial charge in [-0.2, -0.15) is 0 Å². The Morgan fingerprint density at radius 2 is 1.76 bits per heavy atom. The summed E-state index contributed by atoms with van der Waals surface area (Å²) in [4.78, 5) is 38.4. The minimum Gasteiger partial charge on any atom is -0.384 e. The molecule has 0 saturated carbocycles. The van der Waals surface area contributed by atoms with Crippen LogP contribution in [-0.4, -0.2) is 40.0 Å². The van der Waals surface area contributed by atoms with Crippen molar-refractivity contribution in [3.8, 4) is 0 Å². The third kappa shape index (κ3) is 4.24. The van der Waals surface area contributed by atoms with E-state index in [0.29, 0.717) is 6.54 Å². The number of carbonyl (C=O) groups is 1. The minimum absolute atomic E-state index is 0.0758. The van der Waals surface area contributed by atoms with E-state index in [-0.39, 0.29) is 23.7 Å². The summed E-state index contributed by atoms with van der Waals surface area (Å²) in [5.41, 5.74) is 5.74. The molecule has 0 bridgehead atoms. The van der Waals surface area contributed by atoms with Gasteiger partial charge in [0, 0.05) is 14.1 Å². The molecule has 0 atom stereocenters. The van der Waals surface area contributed by atoms with Gasteiger partial charge in [0.05, 0.1) is 6.54 Å². The fourth-order valence-corrected chi connectivity index (χ4v) is 2.72. The SMILES string of the molecule is CN(CCCc1ccccc1)CC(=O)c1c(N)n(C)c(=O)n(C)c1=O. The number of nitrogens with zero attached hydrogens (tertiary/aromatic N) is 3. The molecule has 0 unspecified atom stereocenters. The molecule has 7 heteroatoms. The van der Waals surface area contributed by atoms with Crippen LogP contribution in [0.15, 0.2) is 39.9 Å². The Labute approximate surface area is 146 Å². The smallest absolute Gasteiger partial charge is 0.332 e. The lowest BCUT2D eigenvalue weighted by atomic mass is 10.1. The summed E-state index contributed by atoms with van der Waals surface area (Å²) in [5, 5.41) is 0. The molecule has 1 aromatic heterocycles. The number of carbonyl (C=O) groups excluding carboxylic acids is 1. The molecule has 0 aliphatic rings. The van der Waals surface area contributed by atoms with E-state index in [0.717, 1.165) is 22.0 Å². The van der Waals surface area contributed by atoms with Crippen LogP contribution in [0.5, 0.6) is 0 Å². The van der Waals surface area contributed by atoms with Crippen LogP contribution >= 0.6 is 0 Å². The monoisotopic (exact) mass is 344 g/mol. The third-order valence-corrected chi connectivity index (χ3v) is 4.25. The lowest BCUT2D eigenvalue weighted by molar-refractivity contribution is 0.0944. The maximum Gasteiger partial charge on any atom is 0.332 e. The standard InChI is InChI=1S/C18H24N4O3/c1-20(11-7-10-13-8-5-4-6-9-13)12-14(23)15-16(19)21(2)18(25)22(3)17(15)24/h4-6,8-9H,7,10-12,19H2,1-3H3. The van der Waals surface area contributed by atoms with Crippen LogP contribution in [0.3, 0.4) is 0 Å². The molecule has 25 heavy (non-hydrogen) atoms. The molecule has 0 aliphatic heterocycles. The summed E-state index contributed by atoms with van der Waals surface area (Å²) in [7, 11) is 4.60. The van der Waals surface area contributed by atoms with Crippen molar-refractivity contribution in [2.24, 2.45) is 14.1 Å². The van der Waals surface area contributed by atoms with Crippen LogP contribution in [0.25, 0.3) is 0 Å². The number of anilines is 1. The van der Waals surface area contributed by atoms with Crippen molar-refractivity contribution >= 4 is 11.6 Å². The second kappa shape index (κ2) is 7.94. The van der Waals surface area contributed by atoms with Crippen LogP contribution in [-0.2, 0) is 20.5 Å². The summed E-state index contributed by atoms with van der Waals surface area (Å²) in [6.07, 6.45) is 1.82. The third-order valence-electron chi connectivity index (χ3n) is 4.25. The van der Waals surface area contributed by atoms with Crippen molar-refractivity contribution in [1.82, 2.24) is 14.0 Å². The van der Waals surface area contributed by atoms with Crippen LogP contribution in [0.1, 0.15) is 22.3 Å². The number of hydrogen-bond acceptors (Lipinski definition) is 5. The Bertz CT molecular complexity index is 868. The second-order valence-electron chi connectivity index (χ2n) is 6.22. The maximum absolute atomic E-state index is 12.5. The number of aryl methyl sites for hydroxylation is 1. The van der Waals surface area contributed by atoms with E-state index in [1.807, 2.05) is 30.1 Å². The quantitative estimate of drug-likeness (QED) is 0.735. The van der Waals surface area contributed by atoms with Crippen molar-refractivity contribution in [3.63, 3.8) is 0 Å². The van der Waals surface area contributed by atoms with Crippen molar-refractivity contribution < 1.29 is 4.79 Å². The zero-order chi connectivity index (χ0) is 18.6. The Hall–Kier alpha value is -2.67. The molecule has 2 N–H and O–H groups in total. The summed E-state index contributed by atoms with van der Waals surface area (Å²) in [5.74, 6) is -0.466. The van der Waals surface area contributed by atoms with E-state index in [4.69, 9.17) is 5.73 Å². The average Bonchev–Trinajstić information content (AvgIpc) is 2.59. The van der Waals surface area contributed by atoms with Gasteiger partial charge < -0.3 is 5.73 Å². The van der Waals surface area contributed by atoms with Gasteiger partial charge in [0.25, 0.3) is 5.56 Å². The highest BCUT2D eigenvalue weighted by atomic mass is 16.2. The molecule has 0 radical (unpaired) electrons. The number of likely N-dealkylation sites (N-methyl/N-ethyl adjacent to an activating group) is 1. The zero-order valence-electron chi connectivity index (χ0n) is 14.9. The summed E-state index contributed by atoms with van der Waals surface area (Å²) in [6, 6.07) is 10.1. The molecule has 0 fully saturated rings. The van der Waals surface area contributed by atoms with Crippen LogP contribution < -0.4 is 17.0 Å². The lowest BCUT2D eigenvalue weighted by Gasteiger charge is -2.17. The Kier molecular flexibility index (Phi) is 5.93. The van der Waals surface area contributed by atoms with Crippen molar-refractivity contribution in [3.05, 3.63) is 62.3 Å². The molecule has 7 nitrogen and oxygen atoms in total. The van der Waals surface area contributed by atoms with Gasteiger partial charge >= 0.3 is 5.69 Å². The predicted molar refractivity (Wildman–Crippen MR) is 97.9 cm³/mol. The zero-order valence-corrected chi connectivity index (χ0v) is 14.9. The number of nitrogen functional groups attached to an aromatic ring is 1. The van der Waals surface area contributed by atoms with Gasteiger partial charge in [0.2, 0.25) is 0 Å². The first-order valence-corrected chi connectivity index (χ1v) is 8.14. The van der Waals surface area contributed by atoms with Gasteiger partial charge in [-0.25, -0.2) is 4.79 Å². The molecule has 134 valence electrons. The van der Waals surface area contributed by atoms with E-state index in [9.17, 15) is 14.4 Å². The Balaban J connectivity index is 2.02. The average molecular weight is 344 g/mol. The van der Waals surface area contributed by atoms with Crippen molar-refractivity contribution in [1.29, 1.82) is 0 Å². The van der Waals surface area contributed by atoms with E-state index >= 15 is 0 Å². The van der Waals surface area contributed by atoms with Crippen LogP contribution in [0, 0.1) is 0 Å². The maximum atomic E-state index is 12.5. The molecule has 0 aliphatic carbocycles. The summed E-state index contributed by atoms with van der Waals surface area (Å²) < 4.78 is 2.02. The van der Waals surface area contributed by atoms with Crippen molar-refractivity contribution in [2.75, 3.05) is 25.9 Å². The Morgan fingerprint density at radius 1 is 1.12 bits per heavy atom. The number of ketones is 1. The number of aromatic nitrogens is 2. The van der Waals surface area contributed by atoms with Gasteiger partial charge in [-0.15, -0.1) is 0 Å². The summed E-state index contributed by atoms with van der Waals surface area (Å²) in [6.45, 7) is 0.791. The fraction of sp³-hybridized carbons (Fsp3) is 0.389. The molecule has 0 spiro atoms. The van der Waals surface area contributed by atoms with Crippen LogP contribution in [0.2, 0.25) is 0 Å². The number of nitrogens with two attached hydrogens (primary N) is 1. The molecule has 2 aromatic rings. The predicted octanol–water partition coefficient (Wildman–Crippen LogP) is 0.414. The Morgan fingerprint density at radius 3 is 2.40 bits per heavy atom. The van der Waals surface area contributed by atoms with Gasteiger partial charge in [0.15, 0.2) is 5.78 Å². The van der Waals surface area contributed by atoms with Crippen LogP contribution in [0.4, 0.5) is 5.82 Å². The van der Waals surface area contributed by atoms with E-state index in [2.05, 4.69) is 12.1 Å². The van der Waals surface area contributed by atoms with E-state index < -0.39 is 11.2 Å². The number of benzene rings is 1. The van der Waals surface area contributed by atoms with Gasteiger partial charge in [-0.05, 0) is 32.0 Å². The van der Waals surface area contributed by atoms with Gasteiger partial charge in [-0.1, -0.05) is 30.3 Å². The van der Waals surface area contributed by atoms with E-state index in [1.165, 1.54) is 19.7 Å². The molecule has 0 amide bonds. The first kappa shape index (κ1) is 18.7. The highest BCUT2D eigenvalue weighted by molar-refractivity contribution is 6.01. The molecular formula is C18H24N4O3. The van der Waals surface area contributed by atoms with Gasteiger partial charge in [-0.3, -0.25) is 23.6 Å². The molecule has 1 aromatic carbocycles. The number of rotatable bonds is 7.